The number of hydrogen-bond acceptors (Lipinski definition) is 4. The Morgan fingerprint density at radius 3 is 2.36 bits per heavy atom. The number of hydrogen-bond donors (Lipinski definition) is 0. The van der Waals surface area contributed by atoms with Gasteiger partial charge < -0.3 is 9.80 Å². The molecular weight excluding hydrogens is 348 g/mol. The van der Waals surface area contributed by atoms with Gasteiger partial charge in [0.05, 0.1) is 12.1 Å². The molecule has 2 aromatic carbocycles. The van der Waals surface area contributed by atoms with Crippen molar-refractivity contribution in [3.05, 3.63) is 78.1 Å². The summed E-state index contributed by atoms with van der Waals surface area (Å²) >= 11 is 0. The Bertz CT molecular complexity index is 932. The van der Waals surface area contributed by atoms with Crippen molar-refractivity contribution >= 4 is 11.7 Å². The van der Waals surface area contributed by atoms with Crippen LogP contribution in [0.2, 0.25) is 0 Å². The molecule has 0 saturated carbocycles. The quantitative estimate of drug-likeness (QED) is 0.705. The smallest absolute Gasteiger partial charge is 0.227 e. The van der Waals surface area contributed by atoms with Gasteiger partial charge in [-0.05, 0) is 12.5 Å². The summed E-state index contributed by atoms with van der Waals surface area (Å²) in [7, 11) is 0. The van der Waals surface area contributed by atoms with Crippen LogP contribution in [-0.2, 0) is 11.2 Å². The van der Waals surface area contributed by atoms with Crippen LogP contribution in [0.15, 0.2) is 67.0 Å². The number of amides is 1. The van der Waals surface area contributed by atoms with Gasteiger partial charge >= 0.3 is 0 Å². The number of aryl methyl sites for hydroxylation is 1. The van der Waals surface area contributed by atoms with Crippen LogP contribution in [0.3, 0.4) is 0 Å². The van der Waals surface area contributed by atoms with E-state index in [0.717, 1.165) is 48.8 Å². The Hall–Kier alpha value is -3.21. The first-order valence-electron chi connectivity index (χ1n) is 9.65. The second-order valence-electron chi connectivity index (χ2n) is 7.16. The summed E-state index contributed by atoms with van der Waals surface area (Å²) in [6.45, 7) is 5.06. The molecule has 1 aromatic heterocycles. The van der Waals surface area contributed by atoms with Crippen molar-refractivity contribution in [2.45, 2.75) is 13.3 Å². The predicted octanol–water partition coefficient (Wildman–Crippen LogP) is 3.34. The van der Waals surface area contributed by atoms with Gasteiger partial charge in [-0.1, -0.05) is 60.2 Å². The summed E-state index contributed by atoms with van der Waals surface area (Å²) in [5.41, 5.74) is 4.28. The number of piperazine rings is 1. The van der Waals surface area contributed by atoms with Crippen LogP contribution in [0.25, 0.3) is 11.3 Å². The molecule has 1 saturated heterocycles. The first kappa shape index (κ1) is 18.2. The fourth-order valence-corrected chi connectivity index (χ4v) is 3.46. The average molecular weight is 372 g/mol. The van der Waals surface area contributed by atoms with Crippen LogP contribution in [0.1, 0.15) is 11.1 Å². The third-order valence-electron chi connectivity index (χ3n) is 5.15. The summed E-state index contributed by atoms with van der Waals surface area (Å²) in [5.74, 6) is 1.11. The third-order valence-corrected chi connectivity index (χ3v) is 5.15. The molecule has 28 heavy (non-hydrogen) atoms. The summed E-state index contributed by atoms with van der Waals surface area (Å²) in [6, 6.07) is 20.3. The normalized spacial score (nSPS) is 14.2. The second-order valence-corrected chi connectivity index (χ2v) is 7.16. The third kappa shape index (κ3) is 4.19. The summed E-state index contributed by atoms with van der Waals surface area (Å²) in [4.78, 5) is 25.6. The maximum Gasteiger partial charge on any atom is 0.227 e. The molecule has 3 aromatic rings. The minimum absolute atomic E-state index is 0.191. The number of carbonyl (C=O) groups excluding carboxylic acids is 1. The number of rotatable bonds is 4. The molecule has 0 spiro atoms. The van der Waals surface area contributed by atoms with Crippen molar-refractivity contribution in [2.24, 2.45) is 0 Å². The number of aromatic nitrogens is 2. The molecule has 0 radical (unpaired) electrons. The first-order valence-corrected chi connectivity index (χ1v) is 9.65. The molecular formula is C23H24N4O. The van der Waals surface area contributed by atoms with E-state index in [2.05, 4.69) is 33.9 Å². The molecule has 1 fully saturated rings. The van der Waals surface area contributed by atoms with Crippen LogP contribution in [0.4, 0.5) is 5.82 Å². The van der Waals surface area contributed by atoms with Crippen LogP contribution in [0.5, 0.6) is 0 Å². The molecule has 1 amide bonds. The van der Waals surface area contributed by atoms with Crippen molar-refractivity contribution in [3.8, 4) is 11.3 Å². The van der Waals surface area contributed by atoms with Crippen molar-refractivity contribution in [1.29, 1.82) is 0 Å². The Morgan fingerprint density at radius 2 is 1.64 bits per heavy atom. The zero-order valence-corrected chi connectivity index (χ0v) is 16.1. The minimum atomic E-state index is 0.191. The zero-order valence-electron chi connectivity index (χ0n) is 16.1. The molecule has 0 N–H and O–H groups in total. The van der Waals surface area contributed by atoms with E-state index in [4.69, 9.17) is 0 Å². The monoisotopic (exact) mass is 372 g/mol. The van der Waals surface area contributed by atoms with Crippen LogP contribution in [0, 0.1) is 6.92 Å². The fraction of sp³-hybridized carbons (Fsp3) is 0.261. The van der Waals surface area contributed by atoms with Gasteiger partial charge in [0.25, 0.3) is 0 Å². The maximum atomic E-state index is 12.6. The van der Waals surface area contributed by atoms with E-state index in [1.54, 1.807) is 6.33 Å². The molecule has 0 atom stereocenters. The molecule has 0 bridgehead atoms. The Kier molecular flexibility index (Phi) is 5.33. The van der Waals surface area contributed by atoms with Gasteiger partial charge in [-0.25, -0.2) is 9.97 Å². The number of benzene rings is 2. The standard InChI is InChI=1S/C23H24N4O/c1-18-7-9-19(10-8-18)15-23(28)27-13-11-26(12-14-27)22-16-21(24-17-25-22)20-5-3-2-4-6-20/h2-10,16-17H,11-15H2,1H3. The summed E-state index contributed by atoms with van der Waals surface area (Å²) in [6.07, 6.45) is 2.08. The van der Waals surface area contributed by atoms with Crippen LogP contribution in [-0.4, -0.2) is 47.0 Å². The fourth-order valence-electron chi connectivity index (χ4n) is 3.46. The summed E-state index contributed by atoms with van der Waals surface area (Å²) < 4.78 is 0. The van der Waals surface area contributed by atoms with Gasteiger partial charge in [0.15, 0.2) is 0 Å². The highest BCUT2D eigenvalue weighted by Crippen LogP contribution is 2.21. The van der Waals surface area contributed by atoms with E-state index in [9.17, 15) is 4.79 Å². The van der Waals surface area contributed by atoms with E-state index < -0.39 is 0 Å². The van der Waals surface area contributed by atoms with Crippen molar-refractivity contribution < 1.29 is 4.79 Å². The Labute approximate surface area is 165 Å². The van der Waals surface area contributed by atoms with Crippen LogP contribution >= 0.6 is 0 Å². The second kappa shape index (κ2) is 8.21. The zero-order chi connectivity index (χ0) is 19.3. The van der Waals surface area contributed by atoms with E-state index >= 15 is 0 Å². The molecule has 1 aliphatic heterocycles. The minimum Gasteiger partial charge on any atom is -0.353 e. The van der Waals surface area contributed by atoms with Gasteiger partial charge in [-0.2, -0.15) is 0 Å². The molecule has 142 valence electrons. The van der Waals surface area contributed by atoms with Gasteiger partial charge in [-0.15, -0.1) is 0 Å². The van der Waals surface area contributed by atoms with Gasteiger partial charge in [0.2, 0.25) is 5.91 Å². The van der Waals surface area contributed by atoms with Crippen molar-refractivity contribution in [1.82, 2.24) is 14.9 Å². The van der Waals surface area contributed by atoms with Gasteiger partial charge in [-0.3, -0.25) is 4.79 Å². The topological polar surface area (TPSA) is 49.3 Å². The molecule has 1 aliphatic rings. The lowest BCUT2D eigenvalue weighted by atomic mass is 10.1. The Morgan fingerprint density at radius 1 is 0.929 bits per heavy atom. The lowest BCUT2D eigenvalue weighted by Crippen LogP contribution is -2.49. The van der Waals surface area contributed by atoms with E-state index in [1.807, 2.05) is 53.4 Å². The van der Waals surface area contributed by atoms with E-state index in [-0.39, 0.29) is 5.91 Å². The SMILES string of the molecule is Cc1ccc(CC(=O)N2CCN(c3cc(-c4ccccc4)ncn3)CC2)cc1. The molecule has 4 rings (SSSR count). The van der Waals surface area contributed by atoms with E-state index in [1.165, 1.54) is 5.56 Å². The van der Waals surface area contributed by atoms with Crippen molar-refractivity contribution in [3.63, 3.8) is 0 Å². The highest BCUT2D eigenvalue weighted by molar-refractivity contribution is 5.79. The van der Waals surface area contributed by atoms with Crippen molar-refractivity contribution in [2.75, 3.05) is 31.1 Å². The van der Waals surface area contributed by atoms with Gasteiger partial charge in [0, 0.05) is 37.8 Å². The molecule has 0 unspecified atom stereocenters. The highest BCUT2D eigenvalue weighted by Gasteiger charge is 2.22. The first-order chi connectivity index (χ1) is 13.7. The van der Waals surface area contributed by atoms with E-state index in [0.29, 0.717) is 6.42 Å². The van der Waals surface area contributed by atoms with Crippen LogP contribution < -0.4 is 4.90 Å². The Balaban J connectivity index is 1.37. The largest absolute Gasteiger partial charge is 0.353 e. The lowest BCUT2D eigenvalue weighted by Gasteiger charge is -2.35. The lowest BCUT2D eigenvalue weighted by molar-refractivity contribution is -0.130. The molecule has 0 aliphatic carbocycles. The number of nitrogens with zero attached hydrogens (tertiary/aromatic N) is 4. The maximum absolute atomic E-state index is 12.6. The van der Waals surface area contributed by atoms with Gasteiger partial charge in [0.1, 0.15) is 12.1 Å². The average Bonchev–Trinajstić information content (AvgIpc) is 2.76. The number of carbonyl (C=O) groups is 1. The highest BCUT2D eigenvalue weighted by atomic mass is 16.2. The summed E-state index contributed by atoms with van der Waals surface area (Å²) in [5, 5.41) is 0. The predicted molar refractivity (Wildman–Crippen MR) is 111 cm³/mol. The molecule has 5 heteroatoms. The molecule has 2 heterocycles. The molecule has 5 nitrogen and oxygen atoms in total. The number of anilines is 1.